The fraction of sp³-hybridized carbons (Fsp3) is 0.625. The molecule has 0 radical (unpaired) electrons. The summed E-state index contributed by atoms with van der Waals surface area (Å²) in [4.78, 5) is 1.93. The Morgan fingerprint density at radius 3 is 2.00 bits per heavy atom. The number of hydrogen-bond acceptors (Lipinski definition) is 2. The maximum Gasteiger partial charge on any atom is 0.416 e. The molecule has 1 aliphatic rings. The lowest BCUT2D eigenvalue weighted by Gasteiger charge is -2.33. The van der Waals surface area contributed by atoms with Gasteiger partial charge in [0.1, 0.15) is 0 Å². The van der Waals surface area contributed by atoms with Crippen molar-refractivity contribution in [3.63, 3.8) is 0 Å². The number of rotatable bonds is 1. The van der Waals surface area contributed by atoms with Gasteiger partial charge in [0.2, 0.25) is 0 Å². The Morgan fingerprint density at radius 1 is 1.00 bits per heavy atom. The fourth-order valence-corrected chi connectivity index (χ4v) is 2.51. The quantitative estimate of drug-likeness (QED) is 0.848. The topological polar surface area (TPSA) is 23.5 Å². The summed E-state index contributed by atoms with van der Waals surface area (Å²) in [6.45, 7) is 6.91. The van der Waals surface area contributed by atoms with E-state index in [1.165, 1.54) is 12.1 Å². The molecule has 1 heterocycles. The maximum atomic E-state index is 13.1. The molecule has 0 atom stereocenters. The summed E-state index contributed by atoms with van der Waals surface area (Å²) in [7, 11) is 0. The van der Waals surface area contributed by atoms with Crippen LogP contribution in [0.15, 0.2) is 18.2 Å². The molecule has 2 rings (SSSR count). The smallest absolute Gasteiger partial charge is 0.393 e. The lowest BCUT2D eigenvalue weighted by molar-refractivity contribution is -0.137. The predicted octanol–water partition coefficient (Wildman–Crippen LogP) is 3.96. The molecule has 0 unspecified atom stereocenters. The van der Waals surface area contributed by atoms with Crippen molar-refractivity contribution in [2.45, 2.75) is 51.3 Å². The van der Waals surface area contributed by atoms with Gasteiger partial charge in [-0.2, -0.15) is 13.2 Å². The molecular formula is C16H22F3NO. The van der Waals surface area contributed by atoms with E-state index in [-0.39, 0.29) is 11.5 Å². The predicted molar refractivity (Wildman–Crippen MR) is 77.6 cm³/mol. The third kappa shape index (κ3) is 3.90. The van der Waals surface area contributed by atoms with E-state index in [9.17, 15) is 18.3 Å². The Balaban J connectivity index is 2.41. The normalized spacial score (nSPS) is 18.1. The van der Waals surface area contributed by atoms with Crippen molar-refractivity contribution in [2.75, 3.05) is 18.0 Å². The first-order chi connectivity index (χ1) is 9.57. The summed E-state index contributed by atoms with van der Waals surface area (Å²) in [5, 5.41) is 9.53. The lowest BCUT2D eigenvalue weighted by atomic mass is 9.85. The monoisotopic (exact) mass is 301 g/mol. The molecule has 5 heteroatoms. The van der Waals surface area contributed by atoms with Crippen LogP contribution in [0, 0.1) is 0 Å². The number of benzene rings is 1. The van der Waals surface area contributed by atoms with Gasteiger partial charge in [-0.1, -0.05) is 20.8 Å². The Morgan fingerprint density at radius 2 is 1.52 bits per heavy atom. The van der Waals surface area contributed by atoms with Crippen LogP contribution in [0.25, 0.3) is 0 Å². The van der Waals surface area contributed by atoms with Crippen LogP contribution in [0.4, 0.5) is 18.9 Å². The van der Waals surface area contributed by atoms with Crippen molar-refractivity contribution in [2.24, 2.45) is 0 Å². The zero-order valence-electron chi connectivity index (χ0n) is 12.7. The number of hydrogen-bond donors (Lipinski definition) is 1. The summed E-state index contributed by atoms with van der Waals surface area (Å²) >= 11 is 0. The lowest BCUT2D eigenvalue weighted by Crippen LogP contribution is -2.36. The number of aliphatic hydroxyl groups excluding tert-OH is 1. The first kappa shape index (κ1) is 16.1. The van der Waals surface area contributed by atoms with Gasteiger partial charge in [0.05, 0.1) is 11.7 Å². The summed E-state index contributed by atoms with van der Waals surface area (Å²) < 4.78 is 39.3. The summed E-state index contributed by atoms with van der Waals surface area (Å²) in [5.74, 6) is 0. The van der Waals surface area contributed by atoms with E-state index in [2.05, 4.69) is 0 Å². The van der Waals surface area contributed by atoms with Crippen LogP contribution >= 0.6 is 0 Å². The summed E-state index contributed by atoms with van der Waals surface area (Å²) in [6.07, 6.45) is -3.48. The minimum atomic E-state index is -4.34. The zero-order valence-corrected chi connectivity index (χ0v) is 12.7. The van der Waals surface area contributed by atoms with Crippen molar-refractivity contribution in [1.82, 2.24) is 0 Å². The van der Waals surface area contributed by atoms with Gasteiger partial charge in [0.25, 0.3) is 0 Å². The van der Waals surface area contributed by atoms with Crippen LogP contribution in [-0.2, 0) is 11.6 Å². The Hall–Kier alpha value is -1.23. The molecule has 1 aliphatic heterocycles. The van der Waals surface area contributed by atoms with Crippen molar-refractivity contribution < 1.29 is 18.3 Å². The van der Waals surface area contributed by atoms with E-state index >= 15 is 0 Å². The number of halogens is 3. The second-order valence-corrected chi connectivity index (χ2v) is 6.73. The van der Waals surface area contributed by atoms with Crippen LogP contribution in [0.1, 0.15) is 44.7 Å². The van der Waals surface area contributed by atoms with Crippen molar-refractivity contribution in [1.29, 1.82) is 0 Å². The molecule has 2 nitrogen and oxygen atoms in total. The third-order valence-corrected chi connectivity index (χ3v) is 3.94. The molecule has 118 valence electrons. The highest BCUT2D eigenvalue weighted by Gasteiger charge is 2.33. The van der Waals surface area contributed by atoms with Crippen LogP contribution in [0.2, 0.25) is 0 Å². The van der Waals surface area contributed by atoms with Crippen molar-refractivity contribution in [3.8, 4) is 0 Å². The number of anilines is 1. The molecule has 1 aromatic carbocycles. The molecule has 0 aliphatic carbocycles. The molecule has 1 saturated heterocycles. The molecule has 0 saturated carbocycles. The number of alkyl halides is 3. The van der Waals surface area contributed by atoms with Crippen LogP contribution in [0.5, 0.6) is 0 Å². The Bertz CT molecular complexity index is 465. The highest BCUT2D eigenvalue weighted by Crippen LogP contribution is 2.36. The van der Waals surface area contributed by atoms with Crippen molar-refractivity contribution in [3.05, 3.63) is 29.3 Å². The van der Waals surface area contributed by atoms with E-state index in [0.717, 1.165) is 0 Å². The molecule has 1 aromatic rings. The fourth-order valence-electron chi connectivity index (χ4n) is 2.51. The van der Waals surface area contributed by atoms with Crippen LogP contribution in [0.3, 0.4) is 0 Å². The second-order valence-electron chi connectivity index (χ2n) is 6.73. The van der Waals surface area contributed by atoms with Gasteiger partial charge >= 0.3 is 6.18 Å². The molecule has 0 amide bonds. The Kier molecular flexibility index (Phi) is 4.24. The van der Waals surface area contributed by atoms with E-state index in [1.54, 1.807) is 0 Å². The van der Waals surface area contributed by atoms with Gasteiger partial charge < -0.3 is 10.0 Å². The van der Waals surface area contributed by atoms with Gasteiger partial charge in [-0.15, -0.1) is 0 Å². The summed E-state index contributed by atoms with van der Waals surface area (Å²) in [5.41, 5.74) is 0.335. The highest BCUT2D eigenvalue weighted by molar-refractivity contribution is 5.53. The van der Waals surface area contributed by atoms with Gasteiger partial charge in [-0.05, 0) is 42.0 Å². The van der Waals surface area contributed by atoms with Crippen LogP contribution in [-0.4, -0.2) is 24.3 Å². The van der Waals surface area contributed by atoms with E-state index in [1.807, 2.05) is 31.7 Å². The molecule has 0 spiro atoms. The standard InChI is InChI=1S/C16H22F3NO/c1-15(2,3)11-8-12(16(17,18)19)10-13(9-11)20-6-4-14(21)5-7-20/h8-10,14,21H,4-7H2,1-3H3. The number of aliphatic hydroxyl groups is 1. The van der Waals surface area contributed by atoms with Crippen molar-refractivity contribution >= 4 is 5.69 Å². The molecule has 21 heavy (non-hydrogen) atoms. The first-order valence-corrected chi connectivity index (χ1v) is 7.23. The van der Waals surface area contributed by atoms with Gasteiger partial charge in [0, 0.05) is 18.8 Å². The molecule has 1 N–H and O–H groups in total. The highest BCUT2D eigenvalue weighted by atomic mass is 19.4. The third-order valence-electron chi connectivity index (χ3n) is 3.94. The van der Waals surface area contributed by atoms with Gasteiger partial charge in [0.15, 0.2) is 0 Å². The molecular weight excluding hydrogens is 279 g/mol. The van der Waals surface area contributed by atoms with E-state index in [4.69, 9.17) is 0 Å². The van der Waals surface area contributed by atoms with E-state index in [0.29, 0.717) is 37.2 Å². The maximum absolute atomic E-state index is 13.1. The largest absolute Gasteiger partial charge is 0.416 e. The Labute approximate surface area is 123 Å². The number of piperidine rings is 1. The van der Waals surface area contributed by atoms with Gasteiger partial charge in [-0.3, -0.25) is 0 Å². The average Bonchev–Trinajstić information content (AvgIpc) is 2.37. The molecule has 1 fully saturated rings. The minimum absolute atomic E-state index is 0.339. The minimum Gasteiger partial charge on any atom is -0.393 e. The van der Waals surface area contributed by atoms with Gasteiger partial charge in [-0.25, -0.2) is 0 Å². The molecule has 0 aromatic heterocycles. The summed E-state index contributed by atoms with van der Waals surface area (Å²) in [6, 6.07) is 4.29. The zero-order chi connectivity index (χ0) is 15.8. The number of nitrogens with zero attached hydrogens (tertiary/aromatic N) is 1. The van der Waals surface area contributed by atoms with Crippen LogP contribution < -0.4 is 4.90 Å². The first-order valence-electron chi connectivity index (χ1n) is 7.23. The molecule has 0 bridgehead atoms. The SMILES string of the molecule is CC(C)(C)c1cc(N2CCC(O)CC2)cc(C(F)(F)F)c1. The second kappa shape index (κ2) is 5.52. The average molecular weight is 301 g/mol. The van der Waals surface area contributed by atoms with E-state index < -0.39 is 11.7 Å².